The topological polar surface area (TPSA) is 95.6 Å². The van der Waals surface area contributed by atoms with Crippen molar-refractivity contribution in [3.63, 3.8) is 0 Å². The van der Waals surface area contributed by atoms with Crippen molar-refractivity contribution in [1.29, 1.82) is 0 Å². The first-order valence-corrected chi connectivity index (χ1v) is 4.83. The van der Waals surface area contributed by atoms with Gasteiger partial charge in [-0.3, -0.25) is 10.2 Å². The van der Waals surface area contributed by atoms with Gasteiger partial charge in [-0.1, -0.05) is 36.4 Å². The monoisotopic (exact) mass is 226 g/mol. The van der Waals surface area contributed by atoms with Crippen molar-refractivity contribution >= 4 is 5.91 Å². The predicted octanol–water partition coefficient (Wildman–Crippen LogP) is -0.346. The van der Waals surface area contributed by atoms with Gasteiger partial charge in [0.2, 0.25) is 5.91 Å². The van der Waals surface area contributed by atoms with Crippen LogP contribution in [0.2, 0.25) is 0 Å². The van der Waals surface area contributed by atoms with Crippen molar-refractivity contribution in [2.45, 2.75) is 6.92 Å². The van der Waals surface area contributed by atoms with Crippen LogP contribution in [0, 0.1) is 5.41 Å². The van der Waals surface area contributed by atoms with Gasteiger partial charge in [0.15, 0.2) is 0 Å². The number of hydrogen-bond donors (Lipinski definition) is 4. The Hall–Kier alpha value is -1.43. The molecule has 90 valence electrons. The minimum Gasteiger partial charge on any atom is -0.395 e. The van der Waals surface area contributed by atoms with Crippen LogP contribution in [-0.2, 0) is 4.79 Å². The van der Waals surface area contributed by atoms with E-state index in [0.717, 1.165) is 0 Å². The van der Waals surface area contributed by atoms with Gasteiger partial charge < -0.3 is 10.2 Å². The molecule has 0 fully saturated rings. The van der Waals surface area contributed by atoms with Crippen LogP contribution in [0.1, 0.15) is 6.92 Å². The summed E-state index contributed by atoms with van der Waals surface area (Å²) in [5.74, 6) is 4.22. The molecule has 16 heavy (non-hydrogen) atoms. The maximum absolute atomic E-state index is 10.7. The lowest BCUT2D eigenvalue weighted by Crippen LogP contribution is -2.46. The normalized spacial score (nSPS) is 10.0. The molecule has 0 heterocycles. The fourth-order valence-corrected chi connectivity index (χ4v) is 0.753. The van der Waals surface area contributed by atoms with Gasteiger partial charge in [-0.15, -0.1) is 0 Å². The Bertz CT molecular complexity index is 260. The zero-order valence-electron chi connectivity index (χ0n) is 9.26. The summed E-state index contributed by atoms with van der Waals surface area (Å²) in [6, 6.07) is 12.0. The second kappa shape index (κ2) is 7.81. The van der Waals surface area contributed by atoms with Gasteiger partial charge in [-0.05, 0) is 6.92 Å². The lowest BCUT2D eigenvalue weighted by atomic mass is 9.92. The van der Waals surface area contributed by atoms with Crippen LogP contribution in [0.3, 0.4) is 0 Å². The van der Waals surface area contributed by atoms with E-state index in [0.29, 0.717) is 0 Å². The lowest BCUT2D eigenvalue weighted by molar-refractivity contribution is -0.134. The first-order chi connectivity index (χ1) is 7.60. The number of hydrazine groups is 1. The maximum Gasteiger partial charge on any atom is 0.244 e. The molecule has 1 aromatic rings. The number of nitrogens with two attached hydrogens (primary N) is 1. The summed E-state index contributed by atoms with van der Waals surface area (Å²) in [4.78, 5) is 10.7. The SMILES string of the molecule is CC(CO)(CO)C(=O)NN.c1ccccc1. The Labute approximate surface area is 94.9 Å². The minimum atomic E-state index is -1.17. The van der Waals surface area contributed by atoms with Crippen molar-refractivity contribution in [1.82, 2.24) is 5.43 Å². The second-order valence-electron chi connectivity index (χ2n) is 3.51. The summed E-state index contributed by atoms with van der Waals surface area (Å²) < 4.78 is 0. The van der Waals surface area contributed by atoms with E-state index in [9.17, 15) is 4.79 Å². The molecule has 0 aliphatic heterocycles. The molecule has 0 aliphatic carbocycles. The average molecular weight is 226 g/mol. The molecule has 0 saturated carbocycles. The number of benzene rings is 1. The van der Waals surface area contributed by atoms with Crippen LogP contribution < -0.4 is 11.3 Å². The molecule has 1 amide bonds. The van der Waals surface area contributed by atoms with Crippen molar-refractivity contribution in [2.24, 2.45) is 11.3 Å². The smallest absolute Gasteiger partial charge is 0.244 e. The molecule has 1 rings (SSSR count). The number of hydrogen-bond acceptors (Lipinski definition) is 4. The van der Waals surface area contributed by atoms with Crippen LogP contribution in [0.4, 0.5) is 0 Å². The van der Waals surface area contributed by atoms with E-state index < -0.39 is 24.5 Å². The summed E-state index contributed by atoms with van der Waals surface area (Å²) in [5.41, 5.74) is 0.677. The molecule has 0 atom stereocenters. The third kappa shape index (κ3) is 4.88. The molecule has 0 saturated heterocycles. The van der Waals surface area contributed by atoms with E-state index in [1.807, 2.05) is 41.8 Å². The average Bonchev–Trinajstić information content (AvgIpc) is 2.39. The molecule has 5 nitrogen and oxygen atoms in total. The number of aliphatic hydroxyl groups excluding tert-OH is 2. The Kier molecular flexibility index (Phi) is 7.11. The molecule has 0 aromatic heterocycles. The number of aliphatic hydroxyl groups is 2. The highest BCUT2D eigenvalue weighted by Crippen LogP contribution is 2.12. The van der Waals surface area contributed by atoms with Crippen molar-refractivity contribution in [2.75, 3.05) is 13.2 Å². The highest BCUT2D eigenvalue weighted by Gasteiger charge is 2.30. The van der Waals surface area contributed by atoms with Crippen molar-refractivity contribution < 1.29 is 15.0 Å². The van der Waals surface area contributed by atoms with Crippen molar-refractivity contribution in [3.05, 3.63) is 36.4 Å². The third-order valence-electron chi connectivity index (χ3n) is 2.04. The van der Waals surface area contributed by atoms with Gasteiger partial charge in [0.25, 0.3) is 0 Å². The van der Waals surface area contributed by atoms with E-state index in [-0.39, 0.29) is 0 Å². The molecule has 0 aliphatic rings. The largest absolute Gasteiger partial charge is 0.395 e. The molecule has 0 spiro atoms. The van der Waals surface area contributed by atoms with Crippen LogP contribution in [-0.4, -0.2) is 29.3 Å². The lowest BCUT2D eigenvalue weighted by Gasteiger charge is -2.21. The number of carbonyl (C=O) groups excluding carboxylic acids is 1. The van der Waals surface area contributed by atoms with E-state index in [2.05, 4.69) is 0 Å². The Balaban J connectivity index is 0.000000315. The van der Waals surface area contributed by atoms with E-state index >= 15 is 0 Å². The van der Waals surface area contributed by atoms with Gasteiger partial charge in [0.1, 0.15) is 0 Å². The van der Waals surface area contributed by atoms with Gasteiger partial charge >= 0.3 is 0 Å². The summed E-state index contributed by atoms with van der Waals surface area (Å²) in [5, 5.41) is 17.2. The fourth-order valence-electron chi connectivity index (χ4n) is 0.753. The van der Waals surface area contributed by atoms with Crippen molar-refractivity contribution in [3.8, 4) is 0 Å². The number of nitrogens with one attached hydrogen (secondary N) is 1. The van der Waals surface area contributed by atoms with E-state index in [1.165, 1.54) is 6.92 Å². The molecule has 1 aromatic carbocycles. The molecule has 0 bridgehead atoms. The summed E-state index contributed by atoms with van der Waals surface area (Å²) in [7, 11) is 0. The van der Waals surface area contributed by atoms with Crippen LogP contribution in [0.25, 0.3) is 0 Å². The first-order valence-electron chi connectivity index (χ1n) is 4.83. The Morgan fingerprint density at radius 1 is 1.12 bits per heavy atom. The zero-order valence-corrected chi connectivity index (χ0v) is 9.26. The van der Waals surface area contributed by atoms with Gasteiger partial charge in [0, 0.05) is 0 Å². The summed E-state index contributed by atoms with van der Waals surface area (Å²) in [6.07, 6.45) is 0. The highest BCUT2D eigenvalue weighted by atomic mass is 16.3. The van der Waals surface area contributed by atoms with E-state index in [1.54, 1.807) is 0 Å². The maximum atomic E-state index is 10.7. The van der Waals surface area contributed by atoms with Crippen LogP contribution >= 0.6 is 0 Å². The summed E-state index contributed by atoms with van der Waals surface area (Å²) in [6.45, 7) is 0.564. The highest BCUT2D eigenvalue weighted by molar-refractivity contribution is 5.81. The minimum absolute atomic E-state index is 0.424. The molecule has 5 heteroatoms. The zero-order chi connectivity index (χ0) is 12.4. The first kappa shape index (κ1) is 14.6. The fraction of sp³-hybridized carbons (Fsp3) is 0.364. The predicted molar refractivity (Wildman–Crippen MR) is 61.1 cm³/mol. The molecule has 0 radical (unpaired) electrons. The Morgan fingerprint density at radius 2 is 1.44 bits per heavy atom. The second-order valence-corrected chi connectivity index (χ2v) is 3.51. The molecule has 0 unspecified atom stereocenters. The van der Waals surface area contributed by atoms with Gasteiger partial charge in [-0.2, -0.15) is 0 Å². The quantitative estimate of drug-likeness (QED) is 0.322. The molecular weight excluding hydrogens is 208 g/mol. The summed E-state index contributed by atoms with van der Waals surface area (Å²) >= 11 is 0. The number of rotatable bonds is 3. The molecule has 5 N–H and O–H groups in total. The van der Waals surface area contributed by atoms with Gasteiger partial charge in [-0.25, -0.2) is 5.84 Å². The van der Waals surface area contributed by atoms with E-state index in [4.69, 9.17) is 16.1 Å². The number of carbonyl (C=O) groups is 1. The third-order valence-corrected chi connectivity index (χ3v) is 2.04. The van der Waals surface area contributed by atoms with Crippen LogP contribution in [0.15, 0.2) is 36.4 Å². The molecular formula is C11H18N2O3. The van der Waals surface area contributed by atoms with Crippen LogP contribution in [0.5, 0.6) is 0 Å². The standard InChI is InChI=1S/C6H6.C5H12N2O3/c1-2-4-6-5-3-1;1-5(2-8,3-9)4(10)7-6/h1-6H;8-9H,2-3,6H2,1H3,(H,7,10). The van der Waals surface area contributed by atoms with Gasteiger partial charge in [0.05, 0.1) is 18.6 Å². The number of amides is 1. The Morgan fingerprint density at radius 3 is 1.56 bits per heavy atom.